The maximum Gasteiger partial charge on any atom is 0.342 e. The number of ether oxygens (including phenoxy) is 2. The van der Waals surface area contributed by atoms with Crippen molar-refractivity contribution >= 4 is 45.1 Å². The molecule has 0 aliphatic carbocycles. The number of fused-ring (bicyclic) bond motifs is 2. The number of aryl methyl sites for hydroxylation is 1. The molecule has 4 aromatic rings. The number of nitrogens with zero attached hydrogens (tertiary/aromatic N) is 1. The van der Waals surface area contributed by atoms with Crippen LogP contribution < -0.4 is 10.1 Å². The minimum Gasteiger partial charge on any atom is -0.487 e. The predicted molar refractivity (Wildman–Crippen MR) is 131 cm³/mol. The molecule has 1 aliphatic rings. The zero-order valence-corrected chi connectivity index (χ0v) is 20.4. The molecular weight excluding hydrogens is 468 g/mol. The highest BCUT2D eigenvalue weighted by atomic mass is 32.1. The minimum absolute atomic E-state index is 0.0772. The smallest absolute Gasteiger partial charge is 0.342 e. The first-order valence-corrected chi connectivity index (χ1v) is 11.7. The van der Waals surface area contributed by atoms with E-state index in [4.69, 9.17) is 13.9 Å². The van der Waals surface area contributed by atoms with E-state index in [1.165, 1.54) is 24.5 Å². The van der Waals surface area contributed by atoms with Crippen molar-refractivity contribution in [2.75, 3.05) is 12.4 Å². The molecule has 9 heteroatoms. The summed E-state index contributed by atoms with van der Waals surface area (Å²) >= 11 is 1.37. The molecule has 2 aromatic carbocycles. The number of esters is 1. The van der Waals surface area contributed by atoms with Crippen molar-refractivity contribution in [2.45, 2.75) is 32.8 Å². The molecule has 1 amide bonds. The number of carbonyl (C=O) groups excluding carboxylic acids is 3. The lowest BCUT2D eigenvalue weighted by atomic mass is 9.92. The van der Waals surface area contributed by atoms with Crippen LogP contribution in [0.4, 0.5) is 5.88 Å². The molecule has 0 bridgehead atoms. The van der Waals surface area contributed by atoms with Crippen LogP contribution >= 0.6 is 11.3 Å². The lowest BCUT2D eigenvalue weighted by molar-refractivity contribution is 0.0595. The molecule has 2 aromatic heterocycles. The van der Waals surface area contributed by atoms with E-state index in [0.717, 1.165) is 10.2 Å². The van der Waals surface area contributed by atoms with Crippen LogP contribution in [0.25, 0.3) is 20.8 Å². The van der Waals surface area contributed by atoms with Gasteiger partial charge in [-0.25, -0.2) is 9.78 Å². The number of para-hydroxylation sites is 1. The normalized spacial score (nSPS) is 14.3. The average molecular weight is 491 g/mol. The third-order valence-corrected chi connectivity index (χ3v) is 6.78. The van der Waals surface area contributed by atoms with Crippen LogP contribution in [-0.2, 0) is 4.74 Å². The van der Waals surface area contributed by atoms with E-state index < -0.39 is 17.5 Å². The molecule has 178 valence electrons. The van der Waals surface area contributed by atoms with Gasteiger partial charge in [0.2, 0.25) is 5.88 Å². The molecule has 1 N–H and O–H groups in total. The summed E-state index contributed by atoms with van der Waals surface area (Å²) in [6.45, 7) is 5.31. The fraction of sp³-hybridized carbons (Fsp3) is 0.231. The third-order valence-electron chi connectivity index (χ3n) is 5.72. The number of hydrogen-bond donors (Lipinski definition) is 1. The van der Waals surface area contributed by atoms with Gasteiger partial charge in [-0.15, -0.1) is 11.3 Å². The van der Waals surface area contributed by atoms with Crippen molar-refractivity contribution < 1.29 is 28.3 Å². The number of anilines is 1. The van der Waals surface area contributed by atoms with Crippen molar-refractivity contribution in [1.82, 2.24) is 4.98 Å². The molecule has 0 saturated heterocycles. The first-order chi connectivity index (χ1) is 16.7. The number of aromatic nitrogens is 1. The number of amides is 1. The van der Waals surface area contributed by atoms with E-state index in [1.54, 1.807) is 19.1 Å². The second-order valence-electron chi connectivity index (χ2n) is 8.84. The van der Waals surface area contributed by atoms with Gasteiger partial charge in [0.1, 0.15) is 27.7 Å². The molecule has 1 aliphatic heterocycles. The number of hydrogen-bond acceptors (Lipinski definition) is 8. The maximum atomic E-state index is 13.2. The van der Waals surface area contributed by atoms with Crippen LogP contribution in [0.1, 0.15) is 57.1 Å². The second-order valence-corrected chi connectivity index (χ2v) is 9.87. The zero-order chi connectivity index (χ0) is 24.9. The summed E-state index contributed by atoms with van der Waals surface area (Å²) in [7, 11) is 1.28. The Morgan fingerprint density at radius 3 is 2.69 bits per heavy atom. The van der Waals surface area contributed by atoms with E-state index in [-0.39, 0.29) is 35.0 Å². The Bertz CT molecular complexity index is 1480. The van der Waals surface area contributed by atoms with Gasteiger partial charge in [0.25, 0.3) is 5.91 Å². The number of rotatable bonds is 4. The summed E-state index contributed by atoms with van der Waals surface area (Å²) in [4.78, 5) is 43.0. The SMILES string of the molecule is COC(=O)c1c(C)oc(NC(=O)c2ccc3c(c2)C(=O)CC(C)(C)O3)c1-c1nc2ccccc2s1. The van der Waals surface area contributed by atoms with Crippen LogP contribution in [0, 0.1) is 6.92 Å². The van der Waals surface area contributed by atoms with Gasteiger partial charge in [0.05, 0.1) is 34.9 Å². The summed E-state index contributed by atoms with van der Waals surface area (Å²) in [6.07, 6.45) is 0.215. The molecular formula is C26H22N2O6S. The highest BCUT2D eigenvalue weighted by Gasteiger charge is 2.33. The Morgan fingerprint density at radius 2 is 1.94 bits per heavy atom. The van der Waals surface area contributed by atoms with Crippen LogP contribution in [0.15, 0.2) is 46.9 Å². The maximum absolute atomic E-state index is 13.2. The van der Waals surface area contributed by atoms with Gasteiger partial charge in [0, 0.05) is 5.56 Å². The number of nitrogens with one attached hydrogen (secondary N) is 1. The number of furan rings is 1. The Kier molecular flexibility index (Phi) is 5.44. The largest absolute Gasteiger partial charge is 0.487 e. The number of carbonyl (C=O) groups is 3. The van der Waals surface area contributed by atoms with Crippen LogP contribution in [0.5, 0.6) is 5.75 Å². The molecule has 35 heavy (non-hydrogen) atoms. The molecule has 0 spiro atoms. The van der Waals surface area contributed by atoms with Gasteiger partial charge in [-0.3, -0.25) is 14.9 Å². The number of benzene rings is 2. The van der Waals surface area contributed by atoms with Gasteiger partial charge in [0.15, 0.2) is 5.78 Å². The standard InChI is InChI=1S/C26H22N2O6S/c1-13-20(25(31)32-4)21(24-27-16-7-5-6-8-19(16)35-24)23(33-13)28-22(30)14-9-10-18-15(11-14)17(29)12-26(2,3)34-18/h5-11H,12H2,1-4H3,(H,28,30). The van der Waals surface area contributed by atoms with Gasteiger partial charge in [-0.2, -0.15) is 0 Å². The quantitative estimate of drug-likeness (QED) is 0.368. The summed E-state index contributed by atoms with van der Waals surface area (Å²) in [6, 6.07) is 12.3. The molecule has 3 heterocycles. The Morgan fingerprint density at radius 1 is 1.17 bits per heavy atom. The molecule has 0 saturated carbocycles. The van der Waals surface area contributed by atoms with Crippen LogP contribution in [-0.4, -0.2) is 35.4 Å². The summed E-state index contributed by atoms with van der Waals surface area (Å²) < 4.78 is 17.6. The molecule has 0 unspecified atom stereocenters. The Balaban J connectivity index is 1.55. The number of thiazole rings is 1. The predicted octanol–water partition coefficient (Wildman–Crippen LogP) is 5.65. The topological polar surface area (TPSA) is 108 Å². The fourth-order valence-electron chi connectivity index (χ4n) is 4.13. The van der Waals surface area contributed by atoms with Crippen molar-refractivity contribution in [2.24, 2.45) is 0 Å². The minimum atomic E-state index is -0.601. The number of ketones is 1. The van der Waals surface area contributed by atoms with Crippen molar-refractivity contribution in [1.29, 1.82) is 0 Å². The van der Waals surface area contributed by atoms with Crippen LogP contribution in [0.3, 0.4) is 0 Å². The molecule has 5 rings (SSSR count). The van der Waals surface area contributed by atoms with Gasteiger partial charge < -0.3 is 13.9 Å². The fourth-order valence-corrected chi connectivity index (χ4v) is 5.15. The van der Waals surface area contributed by atoms with Crippen molar-refractivity contribution in [3.05, 3.63) is 64.9 Å². The van der Waals surface area contributed by atoms with E-state index >= 15 is 0 Å². The summed E-state index contributed by atoms with van der Waals surface area (Å²) in [5, 5.41) is 3.26. The monoisotopic (exact) mass is 490 g/mol. The number of methoxy groups -OCH3 is 1. The van der Waals surface area contributed by atoms with E-state index in [0.29, 0.717) is 21.9 Å². The van der Waals surface area contributed by atoms with Gasteiger partial charge >= 0.3 is 5.97 Å². The number of Topliss-reactive ketones (excluding diaryl/α,β-unsaturated/α-hetero) is 1. The molecule has 0 atom stereocenters. The Labute approximate surface area is 204 Å². The third kappa shape index (κ3) is 4.08. The van der Waals surface area contributed by atoms with E-state index in [1.807, 2.05) is 38.1 Å². The highest BCUT2D eigenvalue weighted by molar-refractivity contribution is 7.21. The summed E-state index contributed by atoms with van der Waals surface area (Å²) in [5.41, 5.74) is 1.31. The van der Waals surface area contributed by atoms with Crippen LogP contribution in [0.2, 0.25) is 0 Å². The Hall–Kier alpha value is -3.98. The molecule has 0 radical (unpaired) electrons. The average Bonchev–Trinajstić information content (AvgIpc) is 3.37. The molecule has 0 fully saturated rings. The van der Waals surface area contributed by atoms with Crippen molar-refractivity contribution in [3.8, 4) is 16.3 Å². The first kappa shape index (κ1) is 22.8. The van der Waals surface area contributed by atoms with Gasteiger partial charge in [-0.05, 0) is 51.1 Å². The highest BCUT2D eigenvalue weighted by Crippen LogP contribution is 2.41. The summed E-state index contributed by atoms with van der Waals surface area (Å²) in [5.74, 6) is -0.383. The zero-order valence-electron chi connectivity index (χ0n) is 19.6. The van der Waals surface area contributed by atoms with E-state index in [2.05, 4.69) is 10.3 Å². The van der Waals surface area contributed by atoms with Gasteiger partial charge in [-0.1, -0.05) is 12.1 Å². The van der Waals surface area contributed by atoms with E-state index in [9.17, 15) is 14.4 Å². The second kappa shape index (κ2) is 8.35. The molecule has 8 nitrogen and oxygen atoms in total. The lowest BCUT2D eigenvalue weighted by Gasteiger charge is -2.31. The first-order valence-electron chi connectivity index (χ1n) is 10.9. The lowest BCUT2D eigenvalue weighted by Crippen LogP contribution is -2.36. The van der Waals surface area contributed by atoms with Crippen molar-refractivity contribution in [3.63, 3.8) is 0 Å².